The van der Waals surface area contributed by atoms with Gasteiger partial charge < -0.3 is 4.89 Å². The first-order chi connectivity index (χ1) is 4.12. The third kappa shape index (κ3) is 5.33. The van der Waals surface area contributed by atoms with Gasteiger partial charge in [0, 0.05) is 0 Å². The van der Waals surface area contributed by atoms with Crippen LogP contribution in [0.15, 0.2) is 0 Å². The second-order valence-corrected chi connectivity index (χ2v) is 7.49. The molecule has 0 aliphatic heterocycles. The molecule has 0 heterocycles. The summed E-state index contributed by atoms with van der Waals surface area (Å²) >= 11 is 5.82. The van der Waals surface area contributed by atoms with Crippen molar-refractivity contribution in [2.45, 2.75) is 6.92 Å². The van der Waals surface area contributed by atoms with Crippen LogP contribution in [0, 0.1) is 0 Å². The van der Waals surface area contributed by atoms with E-state index >= 15 is 0 Å². The van der Waals surface area contributed by atoms with Gasteiger partial charge in [0.05, 0.1) is 7.11 Å². The van der Waals surface area contributed by atoms with Crippen LogP contribution >= 0.6 is 17.1 Å². The predicted octanol–water partition coefficient (Wildman–Crippen LogP) is 1.53. The van der Waals surface area contributed by atoms with E-state index in [1.807, 2.05) is 6.92 Å². The number of hydrogen-bond acceptors (Lipinski definition) is 4. The SMILES string of the molecule is CCSP(O)(=S)OOC. The zero-order valence-electron chi connectivity index (χ0n) is 5.23. The van der Waals surface area contributed by atoms with E-state index in [9.17, 15) is 0 Å². The van der Waals surface area contributed by atoms with Crippen LogP contribution in [0.3, 0.4) is 0 Å². The third-order valence-corrected chi connectivity index (χ3v) is 4.45. The second-order valence-electron chi connectivity index (χ2n) is 1.13. The lowest BCUT2D eigenvalue weighted by molar-refractivity contribution is -0.174. The number of hydrogen-bond donors (Lipinski definition) is 1. The second kappa shape index (κ2) is 4.66. The van der Waals surface area contributed by atoms with Gasteiger partial charge in [0.1, 0.15) is 0 Å². The minimum absolute atomic E-state index is 0.733. The molecule has 0 rings (SSSR count). The van der Waals surface area contributed by atoms with Gasteiger partial charge >= 0.3 is 0 Å². The molecule has 0 saturated heterocycles. The Labute approximate surface area is 63.6 Å². The van der Waals surface area contributed by atoms with Crippen molar-refractivity contribution in [3.63, 3.8) is 0 Å². The summed E-state index contributed by atoms with van der Waals surface area (Å²) in [5.41, 5.74) is -2.66. The zero-order chi connectivity index (χ0) is 7.33. The van der Waals surface area contributed by atoms with Crippen molar-refractivity contribution in [1.29, 1.82) is 0 Å². The molecule has 0 fully saturated rings. The molecule has 56 valence electrons. The lowest BCUT2D eigenvalue weighted by Crippen LogP contribution is -1.83. The van der Waals surface area contributed by atoms with Crippen molar-refractivity contribution < 1.29 is 14.5 Å². The average molecular weight is 188 g/mol. The van der Waals surface area contributed by atoms with E-state index in [1.165, 1.54) is 18.5 Å². The van der Waals surface area contributed by atoms with Crippen LogP contribution in [0.25, 0.3) is 0 Å². The Morgan fingerprint density at radius 1 is 1.78 bits per heavy atom. The molecule has 0 amide bonds. The first-order valence-corrected chi connectivity index (χ1v) is 6.58. The van der Waals surface area contributed by atoms with Gasteiger partial charge in [-0.25, -0.2) is 4.89 Å². The van der Waals surface area contributed by atoms with Crippen LogP contribution in [0.5, 0.6) is 0 Å². The Hall–Kier alpha value is 0.880. The van der Waals surface area contributed by atoms with E-state index in [1.54, 1.807) is 0 Å². The molecule has 0 bridgehead atoms. The van der Waals surface area contributed by atoms with E-state index in [2.05, 4.69) is 21.4 Å². The zero-order valence-corrected chi connectivity index (χ0v) is 7.76. The molecular weight excluding hydrogens is 179 g/mol. The van der Waals surface area contributed by atoms with Crippen LogP contribution in [-0.4, -0.2) is 17.8 Å². The molecule has 1 N–H and O–H groups in total. The Balaban J connectivity index is 3.58. The minimum atomic E-state index is -2.66. The van der Waals surface area contributed by atoms with Crippen molar-refractivity contribution in [2.75, 3.05) is 12.9 Å². The van der Waals surface area contributed by atoms with Gasteiger partial charge in [-0.3, -0.25) is 0 Å². The summed E-state index contributed by atoms with van der Waals surface area (Å²) < 4.78 is 4.41. The highest BCUT2D eigenvalue weighted by molar-refractivity contribution is 8.67. The van der Waals surface area contributed by atoms with Crippen molar-refractivity contribution in [3.8, 4) is 0 Å². The Morgan fingerprint density at radius 2 is 2.33 bits per heavy atom. The first kappa shape index (κ1) is 9.88. The van der Waals surface area contributed by atoms with Gasteiger partial charge in [-0.1, -0.05) is 18.3 Å². The monoisotopic (exact) mass is 188 g/mol. The standard InChI is InChI=1S/C3H9O3PS2/c1-3-9-7(4,8)6-5-2/h3H2,1-2H3,(H,4,8). The molecule has 3 nitrogen and oxygen atoms in total. The number of rotatable bonds is 4. The summed E-state index contributed by atoms with van der Waals surface area (Å²) in [6.07, 6.45) is 0. The summed E-state index contributed by atoms with van der Waals surface area (Å²) in [5.74, 6) is 0.733. The summed E-state index contributed by atoms with van der Waals surface area (Å²) in [6, 6.07) is 0. The van der Waals surface area contributed by atoms with Crippen LogP contribution in [0.1, 0.15) is 6.92 Å². The molecule has 1 atom stereocenters. The normalized spacial score (nSPS) is 17.2. The van der Waals surface area contributed by atoms with E-state index < -0.39 is 5.69 Å². The Bertz CT molecular complexity index is 108. The predicted molar refractivity (Wildman–Crippen MR) is 42.7 cm³/mol. The summed E-state index contributed by atoms with van der Waals surface area (Å²) in [6.45, 7) is 1.89. The highest BCUT2D eigenvalue weighted by Crippen LogP contribution is 2.55. The van der Waals surface area contributed by atoms with Crippen molar-refractivity contribution in [3.05, 3.63) is 0 Å². The molecule has 6 heteroatoms. The highest BCUT2D eigenvalue weighted by atomic mass is 32.9. The van der Waals surface area contributed by atoms with E-state index in [0.717, 1.165) is 5.75 Å². The summed E-state index contributed by atoms with van der Waals surface area (Å²) in [7, 11) is 1.33. The lowest BCUT2D eigenvalue weighted by atomic mass is 11.0. The van der Waals surface area contributed by atoms with Crippen LogP contribution < -0.4 is 0 Å². The molecule has 0 aromatic rings. The van der Waals surface area contributed by atoms with Crippen LogP contribution in [0.4, 0.5) is 0 Å². The van der Waals surface area contributed by atoms with Crippen LogP contribution in [0.2, 0.25) is 0 Å². The third-order valence-electron chi connectivity index (χ3n) is 0.461. The molecule has 0 radical (unpaired) electrons. The lowest BCUT2D eigenvalue weighted by Gasteiger charge is -2.09. The molecule has 0 aromatic carbocycles. The Morgan fingerprint density at radius 3 is 2.67 bits per heavy atom. The van der Waals surface area contributed by atoms with Crippen molar-refractivity contribution in [1.82, 2.24) is 0 Å². The largest absolute Gasteiger partial charge is 0.336 e. The van der Waals surface area contributed by atoms with Gasteiger partial charge in [-0.05, 0) is 17.6 Å². The minimum Gasteiger partial charge on any atom is -0.336 e. The topological polar surface area (TPSA) is 38.7 Å². The summed E-state index contributed by atoms with van der Waals surface area (Å²) in [5, 5.41) is 0. The van der Waals surface area contributed by atoms with Crippen molar-refractivity contribution >= 4 is 28.9 Å². The molecule has 0 spiro atoms. The molecular formula is C3H9O3PS2. The molecule has 0 aliphatic carbocycles. The average Bonchev–Trinajstić information content (AvgIpc) is 1.64. The fourth-order valence-corrected chi connectivity index (χ4v) is 3.26. The van der Waals surface area contributed by atoms with Gasteiger partial charge in [0.25, 0.3) is 5.69 Å². The van der Waals surface area contributed by atoms with Gasteiger partial charge in [0.2, 0.25) is 0 Å². The fraction of sp³-hybridized carbons (Fsp3) is 1.00. The smallest absolute Gasteiger partial charge is 0.275 e. The van der Waals surface area contributed by atoms with Crippen LogP contribution in [-0.2, 0) is 21.4 Å². The maximum Gasteiger partial charge on any atom is 0.275 e. The van der Waals surface area contributed by atoms with E-state index in [4.69, 9.17) is 4.89 Å². The highest BCUT2D eigenvalue weighted by Gasteiger charge is 2.12. The van der Waals surface area contributed by atoms with Gasteiger partial charge in [0.15, 0.2) is 0 Å². The van der Waals surface area contributed by atoms with Gasteiger partial charge in [-0.15, -0.1) is 0 Å². The van der Waals surface area contributed by atoms with Crippen molar-refractivity contribution in [2.24, 2.45) is 0 Å². The quantitative estimate of drug-likeness (QED) is 0.411. The molecule has 0 aliphatic rings. The molecule has 9 heavy (non-hydrogen) atoms. The van der Waals surface area contributed by atoms with Gasteiger partial charge in [-0.2, -0.15) is 4.67 Å². The molecule has 1 unspecified atom stereocenters. The Kier molecular flexibility index (Phi) is 5.11. The first-order valence-electron chi connectivity index (χ1n) is 2.32. The summed E-state index contributed by atoms with van der Waals surface area (Å²) in [4.78, 5) is 13.3. The molecule has 0 saturated carbocycles. The maximum absolute atomic E-state index is 9.06. The van der Waals surface area contributed by atoms with E-state index in [-0.39, 0.29) is 0 Å². The fourth-order valence-electron chi connectivity index (χ4n) is 0.279. The van der Waals surface area contributed by atoms with E-state index in [0.29, 0.717) is 0 Å². The molecule has 0 aromatic heterocycles. The maximum atomic E-state index is 9.06.